The summed E-state index contributed by atoms with van der Waals surface area (Å²) in [6.45, 7) is 6.14. The fourth-order valence-corrected chi connectivity index (χ4v) is 3.07. The van der Waals surface area contributed by atoms with Crippen LogP contribution in [0.25, 0.3) is 11.4 Å². The Morgan fingerprint density at radius 1 is 1.28 bits per heavy atom. The summed E-state index contributed by atoms with van der Waals surface area (Å²) in [4.78, 5) is 30.4. The predicted octanol–water partition coefficient (Wildman–Crippen LogP) is 4.08. The third-order valence-corrected chi connectivity index (χ3v) is 4.57. The lowest BCUT2D eigenvalue weighted by Crippen LogP contribution is -2.45. The Kier molecular flexibility index (Phi) is 6.42. The maximum Gasteiger partial charge on any atom is 0.410 e. The van der Waals surface area contributed by atoms with E-state index in [0.717, 1.165) is 5.56 Å². The van der Waals surface area contributed by atoms with Gasteiger partial charge in [-0.2, -0.15) is 4.98 Å². The summed E-state index contributed by atoms with van der Waals surface area (Å²) in [5.74, 6) is -0.219. The minimum atomic E-state index is -0.579. The van der Waals surface area contributed by atoms with E-state index in [1.165, 1.54) is 0 Å². The number of carbonyl (C=O) groups is 2. The molecule has 1 atom stereocenters. The van der Waals surface area contributed by atoms with Crippen molar-refractivity contribution in [3.63, 3.8) is 0 Å². The van der Waals surface area contributed by atoms with E-state index in [0.29, 0.717) is 30.2 Å². The minimum Gasteiger partial charge on any atom is -0.455 e. The van der Waals surface area contributed by atoms with Crippen molar-refractivity contribution in [2.24, 2.45) is 5.92 Å². The third-order valence-electron chi connectivity index (χ3n) is 4.31. The number of ether oxygens (including phenoxy) is 2. The van der Waals surface area contributed by atoms with Crippen LogP contribution in [0.2, 0.25) is 5.02 Å². The number of aromatic nitrogens is 2. The molecule has 1 aromatic carbocycles. The van der Waals surface area contributed by atoms with Crippen molar-refractivity contribution in [1.82, 2.24) is 15.0 Å². The van der Waals surface area contributed by atoms with E-state index in [1.54, 1.807) is 29.2 Å². The van der Waals surface area contributed by atoms with Crippen LogP contribution in [0.3, 0.4) is 0 Å². The van der Waals surface area contributed by atoms with Crippen molar-refractivity contribution in [3.05, 3.63) is 35.2 Å². The quantitative estimate of drug-likeness (QED) is 0.686. The molecule has 8 nitrogen and oxygen atoms in total. The van der Waals surface area contributed by atoms with Crippen molar-refractivity contribution in [1.29, 1.82) is 0 Å². The fourth-order valence-electron chi connectivity index (χ4n) is 2.94. The number of amides is 1. The summed E-state index contributed by atoms with van der Waals surface area (Å²) in [7, 11) is 0. The maximum absolute atomic E-state index is 12.4. The van der Waals surface area contributed by atoms with Gasteiger partial charge in [0.1, 0.15) is 5.60 Å². The van der Waals surface area contributed by atoms with Crippen LogP contribution in [0.4, 0.5) is 4.79 Å². The van der Waals surface area contributed by atoms with Crippen molar-refractivity contribution in [2.45, 2.75) is 45.8 Å². The summed E-state index contributed by atoms with van der Waals surface area (Å²) >= 11 is 5.87. The second kappa shape index (κ2) is 8.82. The highest BCUT2D eigenvalue weighted by atomic mass is 35.5. The Labute approximate surface area is 174 Å². The van der Waals surface area contributed by atoms with Gasteiger partial charge in [-0.15, -0.1) is 0 Å². The molecule has 0 unspecified atom stereocenters. The SMILES string of the molecule is CC(C)(C)OC(=O)N1CCC[C@H](C(=O)OCc2nc(-c3ccc(Cl)cc3)no2)C1. The first-order valence-corrected chi connectivity index (χ1v) is 9.82. The van der Waals surface area contributed by atoms with E-state index in [1.807, 2.05) is 20.8 Å². The Balaban J connectivity index is 1.53. The monoisotopic (exact) mass is 421 g/mol. The molecule has 0 radical (unpaired) electrons. The molecule has 0 saturated carbocycles. The molecule has 1 amide bonds. The van der Waals surface area contributed by atoms with Crippen molar-refractivity contribution < 1.29 is 23.6 Å². The number of hydrogen-bond donors (Lipinski definition) is 0. The molecular weight excluding hydrogens is 398 g/mol. The Bertz CT molecular complexity index is 860. The smallest absolute Gasteiger partial charge is 0.410 e. The molecule has 1 aliphatic heterocycles. The molecule has 0 aliphatic carbocycles. The summed E-state index contributed by atoms with van der Waals surface area (Å²) < 4.78 is 15.9. The zero-order valence-corrected chi connectivity index (χ0v) is 17.4. The van der Waals surface area contributed by atoms with E-state index < -0.39 is 23.6 Å². The van der Waals surface area contributed by atoms with Crippen molar-refractivity contribution >= 4 is 23.7 Å². The first-order chi connectivity index (χ1) is 13.7. The largest absolute Gasteiger partial charge is 0.455 e. The molecule has 1 aliphatic rings. The van der Waals surface area contributed by atoms with Gasteiger partial charge in [0.15, 0.2) is 6.61 Å². The molecule has 29 heavy (non-hydrogen) atoms. The molecule has 156 valence electrons. The zero-order chi connectivity index (χ0) is 21.0. The second-order valence-corrected chi connectivity index (χ2v) is 8.33. The van der Waals surface area contributed by atoms with Crippen molar-refractivity contribution in [2.75, 3.05) is 13.1 Å². The molecule has 9 heteroatoms. The third kappa shape index (κ3) is 5.93. The van der Waals surface area contributed by atoms with Crippen LogP contribution in [0.5, 0.6) is 0 Å². The van der Waals surface area contributed by atoms with Gasteiger partial charge >= 0.3 is 12.1 Å². The van der Waals surface area contributed by atoms with E-state index in [-0.39, 0.29) is 19.0 Å². The second-order valence-electron chi connectivity index (χ2n) is 7.89. The lowest BCUT2D eigenvalue weighted by atomic mass is 9.98. The highest BCUT2D eigenvalue weighted by molar-refractivity contribution is 6.30. The van der Waals surface area contributed by atoms with Crippen LogP contribution in [-0.4, -0.2) is 45.8 Å². The van der Waals surface area contributed by atoms with Gasteiger partial charge in [-0.25, -0.2) is 4.79 Å². The number of esters is 1. The normalized spacial score (nSPS) is 17.1. The van der Waals surface area contributed by atoms with Crippen LogP contribution in [-0.2, 0) is 20.9 Å². The fraction of sp³-hybridized carbons (Fsp3) is 0.500. The van der Waals surface area contributed by atoms with Gasteiger partial charge in [-0.3, -0.25) is 4.79 Å². The molecule has 0 N–H and O–H groups in total. The summed E-state index contributed by atoms with van der Waals surface area (Å²) in [5, 5.41) is 4.50. The number of likely N-dealkylation sites (tertiary alicyclic amines) is 1. The molecule has 2 heterocycles. The number of halogens is 1. The van der Waals surface area contributed by atoms with Crippen molar-refractivity contribution in [3.8, 4) is 11.4 Å². The van der Waals surface area contributed by atoms with E-state index in [9.17, 15) is 9.59 Å². The number of carbonyl (C=O) groups excluding carboxylic acids is 2. The number of hydrogen-bond acceptors (Lipinski definition) is 7. The summed E-state index contributed by atoms with van der Waals surface area (Å²) in [5.41, 5.74) is 0.167. The number of benzene rings is 1. The van der Waals surface area contributed by atoms with Gasteiger partial charge in [-0.05, 0) is 57.9 Å². The summed E-state index contributed by atoms with van der Waals surface area (Å²) in [6, 6.07) is 7.01. The average molecular weight is 422 g/mol. The van der Waals surface area contributed by atoms with Gasteiger partial charge in [0, 0.05) is 23.7 Å². The van der Waals surface area contributed by atoms with Crippen LogP contribution in [0.1, 0.15) is 39.5 Å². The van der Waals surface area contributed by atoms with E-state index >= 15 is 0 Å². The number of nitrogens with zero attached hydrogens (tertiary/aromatic N) is 3. The van der Waals surface area contributed by atoms with Crippen LogP contribution in [0.15, 0.2) is 28.8 Å². The first-order valence-electron chi connectivity index (χ1n) is 9.44. The average Bonchev–Trinajstić information content (AvgIpc) is 3.14. The molecule has 1 aromatic heterocycles. The molecule has 0 bridgehead atoms. The van der Waals surface area contributed by atoms with Crippen LogP contribution in [0, 0.1) is 5.92 Å². The first kappa shape index (κ1) is 21.1. The molecule has 2 aromatic rings. The predicted molar refractivity (Wildman–Crippen MR) is 105 cm³/mol. The Hall–Kier alpha value is -2.61. The lowest BCUT2D eigenvalue weighted by molar-refractivity contribution is -0.152. The number of rotatable bonds is 4. The standard InChI is InChI=1S/C20H24ClN3O5/c1-20(2,3)28-19(26)24-10-4-5-14(11-24)18(25)27-12-16-22-17(23-29-16)13-6-8-15(21)9-7-13/h6-9,14H,4-5,10-12H2,1-3H3/t14-/m0/s1. The highest BCUT2D eigenvalue weighted by Crippen LogP contribution is 2.22. The Morgan fingerprint density at radius 3 is 2.69 bits per heavy atom. The molecule has 1 saturated heterocycles. The molecular formula is C20H24ClN3O5. The van der Waals surface area contributed by atoms with Crippen LogP contribution >= 0.6 is 11.6 Å². The van der Waals surface area contributed by atoms with E-state index in [4.69, 9.17) is 25.6 Å². The van der Waals surface area contributed by atoms with Gasteiger partial charge in [-0.1, -0.05) is 16.8 Å². The van der Waals surface area contributed by atoms with Gasteiger partial charge in [0.2, 0.25) is 5.82 Å². The molecule has 3 rings (SSSR count). The highest BCUT2D eigenvalue weighted by Gasteiger charge is 2.32. The maximum atomic E-state index is 12.4. The zero-order valence-electron chi connectivity index (χ0n) is 16.7. The van der Waals surface area contributed by atoms with Crippen LogP contribution < -0.4 is 0 Å². The number of piperidine rings is 1. The van der Waals surface area contributed by atoms with Gasteiger partial charge in [0.05, 0.1) is 5.92 Å². The van der Waals surface area contributed by atoms with Gasteiger partial charge in [0.25, 0.3) is 5.89 Å². The summed E-state index contributed by atoms with van der Waals surface area (Å²) in [6.07, 6.45) is 0.942. The topological polar surface area (TPSA) is 94.8 Å². The van der Waals surface area contributed by atoms with Gasteiger partial charge < -0.3 is 18.9 Å². The minimum absolute atomic E-state index is 0.123. The molecule has 0 spiro atoms. The Morgan fingerprint density at radius 2 is 2.00 bits per heavy atom. The lowest BCUT2D eigenvalue weighted by Gasteiger charge is -2.33. The molecule has 1 fully saturated rings. The van der Waals surface area contributed by atoms with E-state index in [2.05, 4.69) is 10.1 Å².